The van der Waals surface area contributed by atoms with E-state index >= 15 is 0 Å². The zero-order chi connectivity index (χ0) is 13.7. The van der Waals surface area contributed by atoms with Gasteiger partial charge < -0.3 is 15.7 Å². The van der Waals surface area contributed by atoms with Gasteiger partial charge >= 0.3 is 0 Å². The number of rotatable bonds is 4. The molecule has 1 aliphatic rings. The fourth-order valence-corrected chi connectivity index (χ4v) is 2.45. The molecule has 0 aliphatic carbocycles. The van der Waals surface area contributed by atoms with Gasteiger partial charge in [0, 0.05) is 6.42 Å². The minimum absolute atomic E-state index is 0.00421. The third-order valence-electron chi connectivity index (χ3n) is 3.68. The van der Waals surface area contributed by atoms with Crippen molar-refractivity contribution < 1.29 is 9.90 Å². The first-order valence-corrected chi connectivity index (χ1v) is 7.01. The number of aromatic hydroxyl groups is 1. The van der Waals surface area contributed by atoms with Gasteiger partial charge in [-0.25, -0.2) is 0 Å². The molecule has 0 spiro atoms. The van der Waals surface area contributed by atoms with Crippen molar-refractivity contribution in [1.29, 1.82) is 0 Å². The molecular weight excluding hydrogens is 240 g/mol. The number of amides is 1. The highest BCUT2D eigenvalue weighted by atomic mass is 16.3. The molecule has 4 heteroatoms. The van der Waals surface area contributed by atoms with E-state index in [4.69, 9.17) is 0 Å². The van der Waals surface area contributed by atoms with Crippen molar-refractivity contribution in [1.82, 2.24) is 5.32 Å². The first-order chi connectivity index (χ1) is 9.19. The van der Waals surface area contributed by atoms with E-state index in [9.17, 15) is 9.90 Å². The van der Waals surface area contributed by atoms with Crippen LogP contribution in [0.3, 0.4) is 0 Å². The van der Waals surface area contributed by atoms with E-state index in [0.29, 0.717) is 18.0 Å². The topological polar surface area (TPSA) is 61.4 Å². The number of phenols is 1. The van der Waals surface area contributed by atoms with Gasteiger partial charge in [0.25, 0.3) is 0 Å². The molecule has 19 heavy (non-hydrogen) atoms. The third-order valence-corrected chi connectivity index (χ3v) is 3.68. The number of hydrogen-bond donors (Lipinski definition) is 3. The summed E-state index contributed by atoms with van der Waals surface area (Å²) >= 11 is 0. The summed E-state index contributed by atoms with van der Waals surface area (Å²) < 4.78 is 0. The first-order valence-electron chi connectivity index (χ1n) is 7.01. The Balaban J connectivity index is 1.94. The van der Waals surface area contributed by atoms with Crippen molar-refractivity contribution in [2.45, 2.75) is 32.6 Å². The molecule has 2 rings (SSSR count). The Morgan fingerprint density at radius 1 is 1.42 bits per heavy atom. The molecule has 0 radical (unpaired) electrons. The summed E-state index contributed by atoms with van der Waals surface area (Å²) in [5.41, 5.74) is 1.63. The van der Waals surface area contributed by atoms with E-state index in [1.165, 1.54) is 0 Å². The molecule has 0 unspecified atom stereocenters. The van der Waals surface area contributed by atoms with E-state index < -0.39 is 0 Å². The minimum Gasteiger partial charge on any atom is -0.506 e. The molecule has 0 atom stereocenters. The number of nitrogens with one attached hydrogen (secondary N) is 2. The largest absolute Gasteiger partial charge is 0.506 e. The van der Waals surface area contributed by atoms with E-state index in [1.54, 1.807) is 6.07 Å². The Kier molecular flexibility index (Phi) is 4.80. The highest BCUT2D eigenvalue weighted by molar-refractivity contribution is 5.92. The number of benzene rings is 1. The summed E-state index contributed by atoms with van der Waals surface area (Å²) in [6, 6.07) is 5.35. The lowest BCUT2D eigenvalue weighted by Crippen LogP contribution is -2.30. The molecule has 3 N–H and O–H groups in total. The zero-order valence-electron chi connectivity index (χ0n) is 11.4. The Bertz CT molecular complexity index is 440. The maximum absolute atomic E-state index is 12.0. The van der Waals surface area contributed by atoms with Crippen LogP contribution in [-0.4, -0.2) is 24.1 Å². The fourth-order valence-electron chi connectivity index (χ4n) is 2.45. The number of aryl methyl sites for hydroxylation is 1. The number of carbonyl (C=O) groups is 1. The molecule has 104 valence electrons. The minimum atomic E-state index is -0.00421. The SMILES string of the molecule is CCc1ccc(O)c(NC(=O)CC2CCNCC2)c1. The predicted molar refractivity (Wildman–Crippen MR) is 76.3 cm³/mol. The lowest BCUT2D eigenvalue weighted by Gasteiger charge is -2.22. The van der Waals surface area contributed by atoms with Crippen LogP contribution >= 0.6 is 0 Å². The standard InChI is InChI=1S/C15H22N2O2/c1-2-11-3-4-14(18)13(9-11)17-15(19)10-12-5-7-16-8-6-12/h3-4,9,12,16,18H,2,5-8,10H2,1H3,(H,17,19). The van der Waals surface area contributed by atoms with E-state index in [1.807, 2.05) is 19.1 Å². The van der Waals surface area contributed by atoms with Crippen LogP contribution in [0.5, 0.6) is 5.75 Å². The molecule has 1 heterocycles. The summed E-state index contributed by atoms with van der Waals surface area (Å²) in [4.78, 5) is 12.0. The molecule has 0 bridgehead atoms. The van der Waals surface area contributed by atoms with Gasteiger partial charge in [-0.05, 0) is 56.0 Å². The smallest absolute Gasteiger partial charge is 0.224 e. The van der Waals surface area contributed by atoms with E-state index in [-0.39, 0.29) is 11.7 Å². The van der Waals surface area contributed by atoms with Crippen molar-refractivity contribution in [3.63, 3.8) is 0 Å². The molecule has 1 aromatic rings. The van der Waals surface area contributed by atoms with E-state index in [2.05, 4.69) is 10.6 Å². The van der Waals surface area contributed by atoms with Gasteiger partial charge in [0.2, 0.25) is 5.91 Å². The number of hydrogen-bond acceptors (Lipinski definition) is 3. The summed E-state index contributed by atoms with van der Waals surface area (Å²) in [7, 11) is 0. The third kappa shape index (κ3) is 3.96. The number of piperidine rings is 1. The van der Waals surface area contributed by atoms with Gasteiger partial charge in [-0.1, -0.05) is 13.0 Å². The normalized spacial score (nSPS) is 16.3. The molecule has 1 aromatic carbocycles. The lowest BCUT2D eigenvalue weighted by molar-refractivity contribution is -0.117. The van der Waals surface area contributed by atoms with Crippen LogP contribution in [0, 0.1) is 5.92 Å². The van der Waals surface area contributed by atoms with Gasteiger partial charge in [0.15, 0.2) is 0 Å². The van der Waals surface area contributed by atoms with Crippen LogP contribution in [0.25, 0.3) is 0 Å². The van der Waals surface area contributed by atoms with Crippen molar-refractivity contribution in [2.24, 2.45) is 5.92 Å². The van der Waals surface area contributed by atoms with Crippen LogP contribution < -0.4 is 10.6 Å². The molecule has 1 fully saturated rings. The maximum atomic E-state index is 12.0. The van der Waals surface area contributed by atoms with Gasteiger partial charge in [0.1, 0.15) is 5.75 Å². The zero-order valence-corrected chi connectivity index (χ0v) is 11.4. The van der Waals surface area contributed by atoms with Gasteiger partial charge in [-0.3, -0.25) is 4.79 Å². The first kappa shape index (κ1) is 13.9. The van der Waals surface area contributed by atoms with Gasteiger partial charge in [-0.15, -0.1) is 0 Å². The number of phenolic OH excluding ortho intramolecular Hbond substituents is 1. The number of carbonyl (C=O) groups excluding carboxylic acids is 1. The number of anilines is 1. The Labute approximate surface area is 114 Å². The van der Waals surface area contributed by atoms with Crippen molar-refractivity contribution in [3.05, 3.63) is 23.8 Å². The Morgan fingerprint density at radius 3 is 2.84 bits per heavy atom. The highest BCUT2D eigenvalue weighted by Gasteiger charge is 2.17. The second-order valence-corrected chi connectivity index (χ2v) is 5.15. The predicted octanol–water partition coefficient (Wildman–Crippen LogP) is 2.28. The summed E-state index contributed by atoms with van der Waals surface area (Å²) in [6.07, 6.45) is 3.53. The summed E-state index contributed by atoms with van der Waals surface area (Å²) in [6.45, 7) is 4.04. The molecule has 1 amide bonds. The average molecular weight is 262 g/mol. The van der Waals surface area contributed by atoms with Crippen molar-refractivity contribution in [3.8, 4) is 5.75 Å². The quantitative estimate of drug-likeness (QED) is 0.730. The van der Waals surface area contributed by atoms with Gasteiger partial charge in [0.05, 0.1) is 5.69 Å². The van der Waals surface area contributed by atoms with Crippen LogP contribution in [0.15, 0.2) is 18.2 Å². The molecular formula is C15H22N2O2. The lowest BCUT2D eigenvalue weighted by atomic mass is 9.94. The summed E-state index contributed by atoms with van der Waals surface area (Å²) in [5.74, 6) is 0.587. The summed E-state index contributed by atoms with van der Waals surface area (Å²) in [5, 5.41) is 15.9. The molecule has 0 aromatic heterocycles. The fraction of sp³-hybridized carbons (Fsp3) is 0.533. The van der Waals surface area contributed by atoms with Crippen molar-refractivity contribution in [2.75, 3.05) is 18.4 Å². The van der Waals surface area contributed by atoms with Crippen LogP contribution in [0.1, 0.15) is 31.7 Å². The van der Waals surface area contributed by atoms with Crippen LogP contribution in [0.2, 0.25) is 0 Å². The molecule has 1 saturated heterocycles. The maximum Gasteiger partial charge on any atom is 0.224 e. The van der Waals surface area contributed by atoms with E-state index in [0.717, 1.165) is 37.9 Å². The Hall–Kier alpha value is -1.55. The van der Waals surface area contributed by atoms with Crippen molar-refractivity contribution >= 4 is 11.6 Å². The average Bonchev–Trinajstić information content (AvgIpc) is 2.42. The Morgan fingerprint density at radius 2 is 2.16 bits per heavy atom. The highest BCUT2D eigenvalue weighted by Crippen LogP contribution is 2.25. The molecule has 1 aliphatic heterocycles. The molecule has 0 saturated carbocycles. The second-order valence-electron chi connectivity index (χ2n) is 5.15. The van der Waals surface area contributed by atoms with Crippen LogP contribution in [0.4, 0.5) is 5.69 Å². The van der Waals surface area contributed by atoms with Gasteiger partial charge in [-0.2, -0.15) is 0 Å². The monoisotopic (exact) mass is 262 g/mol. The van der Waals surface area contributed by atoms with Crippen LogP contribution in [-0.2, 0) is 11.2 Å². The molecule has 4 nitrogen and oxygen atoms in total. The second kappa shape index (κ2) is 6.57.